The van der Waals surface area contributed by atoms with Crippen LogP contribution in [-0.2, 0) is 11.2 Å². The highest BCUT2D eigenvalue weighted by Gasteiger charge is 2.03. The van der Waals surface area contributed by atoms with Crippen molar-refractivity contribution in [3.05, 3.63) is 29.3 Å². The average molecular weight is 193 g/mol. The number of Topliss-reactive ketones (excluding diaryl/α,β-unsaturated/α-hetero) is 1. The van der Waals surface area contributed by atoms with E-state index in [1.807, 2.05) is 25.1 Å². The number of carbonyl (C=O) groups is 1. The van der Waals surface area contributed by atoms with E-state index in [1.165, 1.54) is 0 Å². The Hall–Kier alpha value is -1.35. The Morgan fingerprint density at radius 1 is 1.50 bits per heavy atom. The van der Waals surface area contributed by atoms with Crippen molar-refractivity contribution < 1.29 is 9.53 Å². The van der Waals surface area contributed by atoms with E-state index in [4.69, 9.17) is 10.5 Å². The molecule has 0 heterocycles. The summed E-state index contributed by atoms with van der Waals surface area (Å²) in [6.45, 7) is 2.06. The smallest absolute Gasteiger partial charge is 0.150 e. The molecule has 14 heavy (non-hydrogen) atoms. The Labute approximate surface area is 83.9 Å². The fraction of sp³-hybridized carbons (Fsp3) is 0.364. The van der Waals surface area contributed by atoms with Crippen LogP contribution in [0.3, 0.4) is 0 Å². The van der Waals surface area contributed by atoms with E-state index in [1.54, 1.807) is 7.11 Å². The van der Waals surface area contributed by atoms with Crippen LogP contribution in [0.4, 0.5) is 0 Å². The topological polar surface area (TPSA) is 52.3 Å². The van der Waals surface area contributed by atoms with Crippen LogP contribution in [0.1, 0.15) is 11.1 Å². The quantitative estimate of drug-likeness (QED) is 0.778. The molecule has 0 saturated carbocycles. The minimum atomic E-state index is 0.0505. The summed E-state index contributed by atoms with van der Waals surface area (Å²) in [4.78, 5) is 11.1. The molecule has 1 rings (SSSR count). The van der Waals surface area contributed by atoms with Gasteiger partial charge in [-0.25, -0.2) is 0 Å². The molecule has 0 bridgehead atoms. The maximum Gasteiger partial charge on any atom is 0.150 e. The molecule has 3 nitrogen and oxygen atoms in total. The van der Waals surface area contributed by atoms with Gasteiger partial charge in [-0.3, -0.25) is 4.79 Å². The lowest BCUT2D eigenvalue weighted by atomic mass is 10.1. The molecule has 0 amide bonds. The van der Waals surface area contributed by atoms with E-state index in [9.17, 15) is 4.79 Å². The molecule has 1 aromatic rings. The molecule has 0 aliphatic carbocycles. The SMILES string of the molecule is COc1ccc(CC(=O)CN)cc1C. The molecule has 2 N–H and O–H groups in total. The van der Waals surface area contributed by atoms with Crippen LogP contribution in [0, 0.1) is 6.92 Å². The van der Waals surface area contributed by atoms with Crippen LogP contribution in [0.2, 0.25) is 0 Å². The highest BCUT2D eigenvalue weighted by molar-refractivity contribution is 5.82. The monoisotopic (exact) mass is 193 g/mol. The Kier molecular flexibility index (Phi) is 3.65. The van der Waals surface area contributed by atoms with Gasteiger partial charge < -0.3 is 10.5 Å². The number of benzene rings is 1. The van der Waals surface area contributed by atoms with Crippen molar-refractivity contribution in [3.8, 4) is 5.75 Å². The summed E-state index contributed by atoms with van der Waals surface area (Å²) < 4.78 is 5.12. The number of hydrogen-bond donors (Lipinski definition) is 1. The van der Waals surface area contributed by atoms with Crippen molar-refractivity contribution in [3.63, 3.8) is 0 Å². The van der Waals surface area contributed by atoms with Crippen molar-refractivity contribution in [2.75, 3.05) is 13.7 Å². The van der Waals surface area contributed by atoms with Crippen LogP contribution >= 0.6 is 0 Å². The van der Waals surface area contributed by atoms with Gasteiger partial charge in [0.2, 0.25) is 0 Å². The maximum absolute atomic E-state index is 11.1. The summed E-state index contributed by atoms with van der Waals surface area (Å²) in [7, 11) is 1.63. The van der Waals surface area contributed by atoms with Crippen molar-refractivity contribution in [2.24, 2.45) is 5.73 Å². The van der Waals surface area contributed by atoms with Crippen LogP contribution in [0.25, 0.3) is 0 Å². The van der Waals surface area contributed by atoms with Gasteiger partial charge in [-0.1, -0.05) is 12.1 Å². The Morgan fingerprint density at radius 2 is 2.21 bits per heavy atom. The molecular formula is C11H15NO2. The highest BCUT2D eigenvalue weighted by atomic mass is 16.5. The minimum absolute atomic E-state index is 0.0505. The Morgan fingerprint density at radius 3 is 2.71 bits per heavy atom. The van der Waals surface area contributed by atoms with Crippen molar-refractivity contribution >= 4 is 5.78 Å². The third-order valence-electron chi connectivity index (χ3n) is 2.09. The summed E-state index contributed by atoms with van der Waals surface area (Å²) >= 11 is 0. The number of aryl methyl sites for hydroxylation is 1. The van der Waals surface area contributed by atoms with Crippen LogP contribution in [0.5, 0.6) is 5.75 Å². The van der Waals surface area contributed by atoms with Crippen LogP contribution < -0.4 is 10.5 Å². The second-order valence-corrected chi connectivity index (χ2v) is 3.22. The van der Waals surface area contributed by atoms with Crippen LogP contribution in [0.15, 0.2) is 18.2 Å². The molecule has 0 unspecified atom stereocenters. The molecular weight excluding hydrogens is 178 g/mol. The van der Waals surface area contributed by atoms with E-state index in [-0.39, 0.29) is 12.3 Å². The molecule has 0 aliphatic heterocycles. The molecule has 0 fully saturated rings. The molecule has 3 heteroatoms. The van der Waals surface area contributed by atoms with E-state index < -0.39 is 0 Å². The first kappa shape index (κ1) is 10.7. The Bertz CT molecular complexity index is 334. The van der Waals surface area contributed by atoms with Gasteiger partial charge in [0, 0.05) is 6.42 Å². The number of hydrogen-bond acceptors (Lipinski definition) is 3. The Balaban J connectivity index is 2.81. The lowest BCUT2D eigenvalue weighted by molar-refractivity contribution is -0.117. The van der Waals surface area contributed by atoms with Gasteiger partial charge in [0.15, 0.2) is 5.78 Å². The van der Waals surface area contributed by atoms with Crippen molar-refractivity contribution in [2.45, 2.75) is 13.3 Å². The maximum atomic E-state index is 11.1. The van der Waals surface area contributed by atoms with E-state index in [0.717, 1.165) is 16.9 Å². The van der Waals surface area contributed by atoms with E-state index in [2.05, 4.69) is 0 Å². The lowest BCUT2D eigenvalue weighted by Crippen LogP contribution is -2.15. The fourth-order valence-corrected chi connectivity index (χ4v) is 1.35. The third kappa shape index (κ3) is 2.57. The molecule has 0 saturated heterocycles. The number of carbonyl (C=O) groups excluding carboxylic acids is 1. The van der Waals surface area contributed by atoms with Gasteiger partial charge in [-0.15, -0.1) is 0 Å². The predicted octanol–water partition coefficient (Wildman–Crippen LogP) is 1.07. The van der Waals surface area contributed by atoms with Gasteiger partial charge in [0.05, 0.1) is 13.7 Å². The number of ether oxygens (including phenoxy) is 1. The van der Waals surface area contributed by atoms with Crippen molar-refractivity contribution in [1.29, 1.82) is 0 Å². The zero-order valence-electron chi connectivity index (χ0n) is 8.54. The second-order valence-electron chi connectivity index (χ2n) is 3.22. The van der Waals surface area contributed by atoms with Crippen molar-refractivity contribution in [1.82, 2.24) is 0 Å². The summed E-state index contributed by atoms with van der Waals surface area (Å²) in [5.74, 6) is 0.892. The summed E-state index contributed by atoms with van der Waals surface area (Å²) in [6, 6.07) is 5.71. The molecule has 0 aliphatic rings. The number of nitrogens with two attached hydrogens (primary N) is 1. The second kappa shape index (κ2) is 4.77. The fourth-order valence-electron chi connectivity index (χ4n) is 1.35. The van der Waals surface area contributed by atoms with Gasteiger partial charge in [0.25, 0.3) is 0 Å². The zero-order valence-corrected chi connectivity index (χ0v) is 8.54. The number of ketones is 1. The molecule has 0 atom stereocenters. The summed E-state index contributed by atoms with van der Waals surface area (Å²) in [5.41, 5.74) is 7.26. The molecule has 0 aromatic heterocycles. The van der Waals surface area contributed by atoms with Gasteiger partial charge >= 0.3 is 0 Å². The first-order chi connectivity index (χ1) is 6.67. The molecule has 0 spiro atoms. The number of methoxy groups -OCH3 is 1. The zero-order chi connectivity index (χ0) is 10.6. The largest absolute Gasteiger partial charge is 0.496 e. The summed E-state index contributed by atoms with van der Waals surface area (Å²) in [6.07, 6.45) is 0.404. The van der Waals surface area contributed by atoms with Gasteiger partial charge in [-0.2, -0.15) is 0 Å². The predicted molar refractivity (Wildman–Crippen MR) is 55.5 cm³/mol. The summed E-state index contributed by atoms with van der Waals surface area (Å²) in [5, 5.41) is 0. The molecule has 76 valence electrons. The lowest BCUT2D eigenvalue weighted by Gasteiger charge is -2.06. The standard InChI is InChI=1S/C11H15NO2/c1-8-5-9(6-10(13)7-12)3-4-11(8)14-2/h3-5H,6-7,12H2,1-2H3. The van der Waals surface area contributed by atoms with Crippen LogP contribution in [-0.4, -0.2) is 19.4 Å². The first-order valence-corrected chi connectivity index (χ1v) is 4.52. The molecule has 1 aromatic carbocycles. The number of rotatable bonds is 4. The minimum Gasteiger partial charge on any atom is -0.496 e. The highest BCUT2D eigenvalue weighted by Crippen LogP contribution is 2.18. The normalized spacial score (nSPS) is 9.93. The van der Waals surface area contributed by atoms with Gasteiger partial charge in [-0.05, 0) is 24.1 Å². The van der Waals surface area contributed by atoms with E-state index >= 15 is 0 Å². The van der Waals surface area contributed by atoms with Gasteiger partial charge in [0.1, 0.15) is 5.75 Å². The average Bonchev–Trinajstić information content (AvgIpc) is 2.18. The van der Waals surface area contributed by atoms with E-state index in [0.29, 0.717) is 6.42 Å². The third-order valence-corrected chi connectivity index (χ3v) is 2.09. The first-order valence-electron chi connectivity index (χ1n) is 4.52. The molecule has 0 radical (unpaired) electrons.